The van der Waals surface area contributed by atoms with Gasteiger partial charge in [-0.05, 0) is 72.1 Å². The van der Waals surface area contributed by atoms with Crippen molar-refractivity contribution in [3.05, 3.63) is 120 Å². The highest BCUT2D eigenvalue weighted by atomic mass is 19.1. The summed E-state index contributed by atoms with van der Waals surface area (Å²) in [7, 11) is 1.56. The summed E-state index contributed by atoms with van der Waals surface area (Å²) in [5.41, 5.74) is 4.21. The van der Waals surface area contributed by atoms with E-state index in [4.69, 9.17) is 4.74 Å². The number of aromatic nitrogens is 3. The summed E-state index contributed by atoms with van der Waals surface area (Å²) in [5, 5.41) is 11.2. The lowest BCUT2D eigenvalue weighted by Crippen LogP contribution is -2.42. The number of aryl methyl sites for hydroxylation is 1. The number of carbonyl (C=O) groups is 2. The van der Waals surface area contributed by atoms with Crippen molar-refractivity contribution < 1.29 is 18.7 Å². The monoisotopic (exact) mass is 537 g/mol. The molecular weight excluding hydrogens is 509 g/mol. The molecule has 0 saturated carbocycles. The van der Waals surface area contributed by atoms with Crippen LogP contribution >= 0.6 is 0 Å². The molecule has 1 heterocycles. The van der Waals surface area contributed by atoms with Crippen molar-refractivity contribution in [1.29, 1.82) is 0 Å². The average Bonchev–Trinajstić information content (AvgIpc) is 3.37. The summed E-state index contributed by atoms with van der Waals surface area (Å²) >= 11 is 0. The molecule has 40 heavy (non-hydrogen) atoms. The van der Waals surface area contributed by atoms with Gasteiger partial charge in [-0.3, -0.25) is 9.59 Å². The van der Waals surface area contributed by atoms with E-state index >= 15 is 0 Å². The number of hydrogen-bond donors (Lipinski definition) is 1. The summed E-state index contributed by atoms with van der Waals surface area (Å²) in [4.78, 5) is 29.5. The van der Waals surface area contributed by atoms with Crippen LogP contribution in [0.5, 0.6) is 5.75 Å². The van der Waals surface area contributed by atoms with E-state index in [0.29, 0.717) is 28.0 Å². The third kappa shape index (κ3) is 5.83. The fraction of sp³-hybridized carbons (Fsp3) is 0.161. The van der Waals surface area contributed by atoms with Gasteiger partial charge in [-0.2, -0.15) is 0 Å². The number of fused-ring (bicyclic) bond motifs is 1. The molecule has 1 atom stereocenters. The summed E-state index contributed by atoms with van der Waals surface area (Å²) in [6, 6.07) is 26.5. The number of ether oxygens (including phenoxy) is 1. The van der Waals surface area contributed by atoms with Gasteiger partial charge in [0.1, 0.15) is 29.7 Å². The van der Waals surface area contributed by atoms with Crippen molar-refractivity contribution in [2.45, 2.75) is 26.1 Å². The number of anilines is 1. The first-order chi connectivity index (χ1) is 19.4. The highest BCUT2D eigenvalue weighted by molar-refractivity contribution is 5.98. The third-order valence-corrected chi connectivity index (χ3v) is 6.73. The van der Waals surface area contributed by atoms with Crippen LogP contribution in [0.25, 0.3) is 11.0 Å². The van der Waals surface area contributed by atoms with E-state index in [1.54, 1.807) is 31.4 Å². The second kappa shape index (κ2) is 11.8. The third-order valence-electron chi connectivity index (χ3n) is 6.73. The van der Waals surface area contributed by atoms with E-state index in [9.17, 15) is 14.0 Å². The summed E-state index contributed by atoms with van der Waals surface area (Å²) in [6.07, 6.45) is 0. The van der Waals surface area contributed by atoms with E-state index < -0.39 is 17.8 Å². The molecule has 0 radical (unpaired) electrons. The zero-order valence-electron chi connectivity index (χ0n) is 22.1. The molecule has 202 valence electrons. The minimum atomic E-state index is -1.07. The Bertz CT molecular complexity index is 1630. The smallest absolute Gasteiger partial charge is 0.251 e. The number of methoxy groups -OCH3 is 1. The van der Waals surface area contributed by atoms with Crippen molar-refractivity contribution >= 4 is 28.5 Å². The Hall–Kier alpha value is -5.05. The molecule has 4 aromatic carbocycles. The lowest BCUT2D eigenvalue weighted by Gasteiger charge is -2.32. The molecule has 1 N–H and O–H groups in total. The number of nitrogens with zero attached hydrogens (tertiary/aromatic N) is 4. The Labute approximate surface area is 231 Å². The fourth-order valence-electron chi connectivity index (χ4n) is 4.55. The van der Waals surface area contributed by atoms with Gasteiger partial charge in [0.05, 0.1) is 12.6 Å². The average molecular weight is 538 g/mol. The lowest BCUT2D eigenvalue weighted by atomic mass is 10.0. The maximum atomic E-state index is 14.1. The number of hydrogen-bond acceptors (Lipinski definition) is 5. The van der Waals surface area contributed by atoms with E-state index in [2.05, 4.69) is 15.6 Å². The van der Waals surface area contributed by atoms with Gasteiger partial charge in [0, 0.05) is 12.2 Å². The minimum absolute atomic E-state index is 0.139. The van der Waals surface area contributed by atoms with Crippen molar-refractivity contribution in [2.75, 3.05) is 12.4 Å². The molecule has 0 fully saturated rings. The molecule has 8 nitrogen and oxygen atoms in total. The first-order valence-electron chi connectivity index (χ1n) is 12.8. The molecule has 9 heteroatoms. The van der Waals surface area contributed by atoms with Gasteiger partial charge < -0.3 is 15.0 Å². The van der Waals surface area contributed by atoms with E-state index in [-0.39, 0.29) is 19.0 Å². The first kappa shape index (κ1) is 26.6. The van der Waals surface area contributed by atoms with Crippen LogP contribution in [0.4, 0.5) is 10.1 Å². The summed E-state index contributed by atoms with van der Waals surface area (Å²) < 4.78 is 20.7. The number of benzene rings is 4. The number of nitrogens with one attached hydrogen (secondary N) is 1. The fourth-order valence-corrected chi connectivity index (χ4v) is 4.55. The van der Waals surface area contributed by atoms with Crippen LogP contribution in [0.15, 0.2) is 97.1 Å². The second-order valence-electron chi connectivity index (χ2n) is 9.36. The molecule has 0 bridgehead atoms. The van der Waals surface area contributed by atoms with Gasteiger partial charge in [-0.15, -0.1) is 5.10 Å². The molecule has 0 saturated heterocycles. The Balaban J connectivity index is 1.55. The number of halogens is 1. The molecule has 0 spiro atoms. The first-order valence-corrected chi connectivity index (χ1v) is 12.8. The zero-order valence-corrected chi connectivity index (χ0v) is 22.1. The van der Waals surface area contributed by atoms with Crippen molar-refractivity contribution in [2.24, 2.45) is 0 Å². The standard InChI is InChI=1S/C31H28FN5O3/c1-21-7-3-4-8-23(21)19-36(29(38)20-37-28-10-6-5-9-27(28)34-35-37)30(22-11-13-24(32)14-12-22)31(39)33-25-15-17-26(40-2)18-16-25/h3-18,30H,19-20H2,1-2H3,(H,33,39). The van der Waals surface area contributed by atoms with Gasteiger partial charge in [0.2, 0.25) is 5.91 Å². The second-order valence-corrected chi connectivity index (χ2v) is 9.36. The van der Waals surface area contributed by atoms with Crippen molar-refractivity contribution in [3.63, 3.8) is 0 Å². The molecule has 1 aromatic heterocycles. The van der Waals surface area contributed by atoms with Gasteiger partial charge in [-0.25, -0.2) is 9.07 Å². The number of amides is 2. The predicted octanol–water partition coefficient (Wildman–Crippen LogP) is 5.30. The molecule has 5 rings (SSSR count). The van der Waals surface area contributed by atoms with Crippen molar-refractivity contribution in [3.8, 4) is 5.75 Å². The predicted molar refractivity (Wildman–Crippen MR) is 150 cm³/mol. The van der Waals surface area contributed by atoms with E-state index in [1.165, 1.54) is 33.8 Å². The Kier molecular flexibility index (Phi) is 7.82. The lowest BCUT2D eigenvalue weighted by molar-refractivity contribution is -0.140. The van der Waals surface area contributed by atoms with Gasteiger partial charge >= 0.3 is 0 Å². The number of para-hydroxylation sites is 1. The Morgan fingerprint density at radius 3 is 2.38 bits per heavy atom. The molecule has 0 aliphatic carbocycles. The molecule has 2 amide bonds. The molecule has 1 unspecified atom stereocenters. The van der Waals surface area contributed by atoms with E-state index in [0.717, 1.165) is 11.1 Å². The quantitative estimate of drug-likeness (QED) is 0.276. The highest BCUT2D eigenvalue weighted by Gasteiger charge is 2.32. The van der Waals surface area contributed by atoms with Gasteiger partial charge in [0.15, 0.2) is 0 Å². The van der Waals surface area contributed by atoms with Crippen LogP contribution in [-0.4, -0.2) is 38.8 Å². The summed E-state index contributed by atoms with van der Waals surface area (Å²) in [6.45, 7) is 1.96. The SMILES string of the molecule is COc1ccc(NC(=O)C(c2ccc(F)cc2)N(Cc2ccccc2C)C(=O)Cn2nnc3ccccc32)cc1. The largest absolute Gasteiger partial charge is 0.497 e. The minimum Gasteiger partial charge on any atom is -0.497 e. The Morgan fingerprint density at radius 2 is 1.65 bits per heavy atom. The van der Waals surface area contributed by atoms with Crippen LogP contribution in [0.2, 0.25) is 0 Å². The molecule has 0 aliphatic rings. The number of carbonyl (C=O) groups excluding carboxylic acids is 2. The van der Waals surface area contributed by atoms with Crippen LogP contribution < -0.4 is 10.1 Å². The molecular formula is C31H28FN5O3. The van der Waals surface area contributed by atoms with Gasteiger partial charge in [-0.1, -0.05) is 53.7 Å². The van der Waals surface area contributed by atoms with Crippen LogP contribution in [0.3, 0.4) is 0 Å². The Morgan fingerprint density at radius 1 is 0.950 bits per heavy atom. The molecule has 0 aliphatic heterocycles. The number of rotatable bonds is 9. The van der Waals surface area contributed by atoms with Crippen LogP contribution in [0.1, 0.15) is 22.7 Å². The van der Waals surface area contributed by atoms with E-state index in [1.807, 2.05) is 55.5 Å². The van der Waals surface area contributed by atoms with Crippen molar-refractivity contribution in [1.82, 2.24) is 19.9 Å². The van der Waals surface area contributed by atoms with Crippen LogP contribution in [0, 0.1) is 12.7 Å². The normalized spacial score (nSPS) is 11.7. The topological polar surface area (TPSA) is 89.4 Å². The summed E-state index contributed by atoms with van der Waals surface area (Å²) in [5.74, 6) is -0.589. The highest BCUT2D eigenvalue weighted by Crippen LogP contribution is 2.28. The van der Waals surface area contributed by atoms with Gasteiger partial charge in [0.25, 0.3) is 5.91 Å². The maximum Gasteiger partial charge on any atom is 0.251 e. The zero-order chi connectivity index (χ0) is 28.1. The molecule has 5 aromatic rings. The maximum absolute atomic E-state index is 14.1. The van der Waals surface area contributed by atoms with Crippen LogP contribution in [-0.2, 0) is 22.7 Å².